The van der Waals surface area contributed by atoms with Gasteiger partial charge in [0, 0.05) is 12.8 Å². The van der Waals surface area contributed by atoms with Crippen molar-refractivity contribution in [3.63, 3.8) is 0 Å². The van der Waals surface area contributed by atoms with E-state index in [1.165, 1.54) is 327 Å². The summed E-state index contributed by atoms with van der Waals surface area (Å²) in [5.41, 5.74) is 0. The molecule has 0 saturated heterocycles. The van der Waals surface area contributed by atoms with Gasteiger partial charge in [0.15, 0.2) is 6.10 Å². The first-order valence-electron chi connectivity index (χ1n) is 33.2. The molecule has 0 saturated carbocycles. The summed E-state index contributed by atoms with van der Waals surface area (Å²) < 4.78 is 10.8. The van der Waals surface area contributed by atoms with Crippen LogP contribution in [0.2, 0.25) is 0 Å². The molecule has 0 aromatic rings. The van der Waals surface area contributed by atoms with Crippen LogP contribution in [0.5, 0.6) is 0 Å². The maximum atomic E-state index is 12.3. The standard InChI is InChI=1S/C67H130O5/c1-3-5-7-9-11-13-15-17-19-21-23-25-27-29-30-31-32-33-34-35-36-38-39-41-43-45-47-49-51-53-55-57-59-61-66(69)71-64-65(63-68)72-67(70)62-60-58-56-54-52-50-48-46-44-42-40-37-28-26-24-22-20-18-16-14-12-10-8-6-4-2/h22,24,65,68H,3-21,23,25-64H2,1-2H3/b24-22-. The van der Waals surface area contributed by atoms with E-state index in [1.54, 1.807) is 0 Å². The Hall–Kier alpha value is -1.36. The number of aliphatic hydroxyl groups excluding tert-OH is 1. The Kier molecular flexibility index (Phi) is 62.7. The Bertz CT molecular complexity index is 1060. The maximum absolute atomic E-state index is 12.3. The second kappa shape index (κ2) is 63.9. The number of carbonyl (C=O) groups excluding carboxylic acids is 2. The predicted octanol–water partition coefficient (Wildman–Crippen LogP) is 22.7. The molecule has 0 aliphatic carbocycles. The third-order valence-corrected chi connectivity index (χ3v) is 15.6. The van der Waals surface area contributed by atoms with Crippen LogP contribution in [0.3, 0.4) is 0 Å². The lowest BCUT2D eigenvalue weighted by molar-refractivity contribution is -0.161. The second-order valence-electron chi connectivity index (χ2n) is 22.9. The van der Waals surface area contributed by atoms with Crippen molar-refractivity contribution in [2.75, 3.05) is 13.2 Å². The third-order valence-electron chi connectivity index (χ3n) is 15.6. The third kappa shape index (κ3) is 61.2. The van der Waals surface area contributed by atoms with Crippen LogP contribution in [0.25, 0.3) is 0 Å². The topological polar surface area (TPSA) is 72.8 Å². The molecule has 0 bridgehead atoms. The highest BCUT2D eigenvalue weighted by atomic mass is 16.6. The molecule has 1 atom stereocenters. The van der Waals surface area contributed by atoms with Crippen LogP contribution in [0, 0.1) is 0 Å². The molecule has 428 valence electrons. The van der Waals surface area contributed by atoms with Crippen molar-refractivity contribution < 1.29 is 24.2 Å². The Morgan fingerprint density at radius 1 is 0.306 bits per heavy atom. The lowest BCUT2D eigenvalue weighted by atomic mass is 10.0. The zero-order valence-electron chi connectivity index (χ0n) is 49.2. The highest BCUT2D eigenvalue weighted by Gasteiger charge is 2.16. The Morgan fingerprint density at radius 2 is 0.514 bits per heavy atom. The van der Waals surface area contributed by atoms with Crippen molar-refractivity contribution in [1.29, 1.82) is 0 Å². The smallest absolute Gasteiger partial charge is 0.306 e. The van der Waals surface area contributed by atoms with Gasteiger partial charge in [0.1, 0.15) is 6.61 Å². The number of aliphatic hydroxyl groups is 1. The van der Waals surface area contributed by atoms with E-state index in [4.69, 9.17) is 9.47 Å². The fourth-order valence-electron chi connectivity index (χ4n) is 10.6. The molecule has 1 N–H and O–H groups in total. The first-order valence-corrected chi connectivity index (χ1v) is 33.2. The lowest BCUT2D eigenvalue weighted by Crippen LogP contribution is -2.28. The molecule has 0 aromatic heterocycles. The van der Waals surface area contributed by atoms with Crippen molar-refractivity contribution in [2.24, 2.45) is 0 Å². The zero-order chi connectivity index (χ0) is 52.0. The van der Waals surface area contributed by atoms with Gasteiger partial charge in [0.25, 0.3) is 0 Å². The highest BCUT2D eigenvalue weighted by Crippen LogP contribution is 2.19. The Balaban J connectivity index is 3.37. The summed E-state index contributed by atoms with van der Waals surface area (Å²) in [4.78, 5) is 24.6. The quantitative estimate of drug-likeness (QED) is 0.0373. The average Bonchev–Trinajstić information content (AvgIpc) is 3.38. The number of rotatable bonds is 63. The lowest BCUT2D eigenvalue weighted by Gasteiger charge is -2.15. The van der Waals surface area contributed by atoms with Crippen LogP contribution in [0.1, 0.15) is 386 Å². The zero-order valence-corrected chi connectivity index (χ0v) is 49.2. The van der Waals surface area contributed by atoms with Crippen LogP contribution in [0.15, 0.2) is 12.2 Å². The van der Waals surface area contributed by atoms with E-state index >= 15 is 0 Å². The van der Waals surface area contributed by atoms with Crippen LogP contribution >= 0.6 is 0 Å². The molecule has 0 aliphatic rings. The minimum Gasteiger partial charge on any atom is -0.462 e. The molecule has 0 heterocycles. The van der Waals surface area contributed by atoms with Gasteiger partial charge in [-0.3, -0.25) is 9.59 Å². The molecule has 1 unspecified atom stereocenters. The van der Waals surface area contributed by atoms with E-state index in [1.807, 2.05) is 0 Å². The average molecular weight is 1020 g/mol. The second-order valence-corrected chi connectivity index (χ2v) is 22.9. The van der Waals surface area contributed by atoms with Crippen molar-refractivity contribution in [2.45, 2.75) is 392 Å². The van der Waals surface area contributed by atoms with E-state index < -0.39 is 6.10 Å². The molecule has 0 fully saturated rings. The summed E-state index contributed by atoms with van der Waals surface area (Å²) >= 11 is 0. The van der Waals surface area contributed by atoms with Gasteiger partial charge in [0.2, 0.25) is 0 Å². The Labute approximate surface area is 451 Å². The molecule has 0 aromatic carbocycles. The van der Waals surface area contributed by atoms with E-state index in [2.05, 4.69) is 26.0 Å². The molecule has 5 heteroatoms. The number of ether oxygens (including phenoxy) is 2. The van der Waals surface area contributed by atoms with Crippen LogP contribution in [-0.4, -0.2) is 36.4 Å². The van der Waals surface area contributed by atoms with Gasteiger partial charge >= 0.3 is 11.9 Å². The van der Waals surface area contributed by atoms with E-state index in [0.29, 0.717) is 12.8 Å². The number of hydrogen-bond donors (Lipinski definition) is 1. The maximum Gasteiger partial charge on any atom is 0.306 e. The summed E-state index contributed by atoms with van der Waals surface area (Å²) in [6.45, 7) is 4.21. The van der Waals surface area contributed by atoms with Crippen molar-refractivity contribution in [1.82, 2.24) is 0 Å². The minimum atomic E-state index is -0.768. The number of unbranched alkanes of at least 4 members (excludes halogenated alkanes) is 53. The fourth-order valence-corrected chi connectivity index (χ4v) is 10.6. The van der Waals surface area contributed by atoms with Crippen molar-refractivity contribution in [3.8, 4) is 0 Å². The SMILES string of the molecule is CCCCCCCCCC/C=C\CCCCCCCCCCCCCCCC(=O)OC(CO)COC(=O)CCCCCCCCCCCCCCCCCCCCCCCCCCCCCCCCCCC. The largest absolute Gasteiger partial charge is 0.462 e. The van der Waals surface area contributed by atoms with E-state index in [9.17, 15) is 14.7 Å². The molecule has 0 radical (unpaired) electrons. The molecule has 0 aliphatic heterocycles. The first kappa shape index (κ1) is 70.6. The Morgan fingerprint density at radius 3 is 0.750 bits per heavy atom. The molecule has 0 rings (SSSR count). The molecule has 0 spiro atoms. The first-order chi connectivity index (χ1) is 35.6. The summed E-state index contributed by atoms with van der Waals surface area (Å²) in [7, 11) is 0. The molecular weight excluding hydrogens is 885 g/mol. The van der Waals surface area contributed by atoms with Crippen LogP contribution < -0.4 is 0 Å². The van der Waals surface area contributed by atoms with E-state index in [0.717, 1.165) is 32.1 Å². The van der Waals surface area contributed by atoms with Gasteiger partial charge < -0.3 is 14.6 Å². The highest BCUT2D eigenvalue weighted by molar-refractivity contribution is 5.70. The molecule has 72 heavy (non-hydrogen) atoms. The summed E-state index contributed by atoms with van der Waals surface area (Å²) in [5.74, 6) is -0.564. The number of carbonyl (C=O) groups is 2. The number of allylic oxidation sites excluding steroid dienone is 2. The molecule has 5 nitrogen and oxygen atoms in total. The van der Waals surface area contributed by atoms with Gasteiger partial charge in [0.05, 0.1) is 6.61 Å². The summed E-state index contributed by atoms with van der Waals surface area (Å²) in [5, 5.41) is 9.68. The van der Waals surface area contributed by atoms with E-state index in [-0.39, 0.29) is 25.2 Å². The molecular formula is C67H130O5. The van der Waals surface area contributed by atoms with Crippen LogP contribution in [-0.2, 0) is 19.1 Å². The minimum absolute atomic E-state index is 0.0577. The van der Waals surface area contributed by atoms with Gasteiger partial charge in [-0.1, -0.05) is 347 Å². The van der Waals surface area contributed by atoms with Gasteiger partial charge in [-0.25, -0.2) is 0 Å². The van der Waals surface area contributed by atoms with Gasteiger partial charge in [-0.05, 0) is 38.5 Å². The summed E-state index contributed by atoms with van der Waals surface area (Å²) in [6.07, 6.45) is 81.0. The van der Waals surface area contributed by atoms with Crippen molar-refractivity contribution in [3.05, 3.63) is 12.2 Å². The monoisotopic (exact) mass is 1010 g/mol. The number of hydrogen-bond acceptors (Lipinski definition) is 5. The normalized spacial score (nSPS) is 12.1. The fraction of sp³-hybridized carbons (Fsp3) is 0.940. The van der Waals surface area contributed by atoms with Crippen LogP contribution in [0.4, 0.5) is 0 Å². The van der Waals surface area contributed by atoms with Gasteiger partial charge in [-0.15, -0.1) is 0 Å². The van der Waals surface area contributed by atoms with Crippen molar-refractivity contribution >= 4 is 11.9 Å². The predicted molar refractivity (Wildman–Crippen MR) is 316 cm³/mol. The van der Waals surface area contributed by atoms with Gasteiger partial charge in [-0.2, -0.15) is 0 Å². The molecule has 0 amide bonds. The number of esters is 2. The summed E-state index contributed by atoms with van der Waals surface area (Å²) in [6, 6.07) is 0.